The van der Waals surface area contributed by atoms with Crippen molar-refractivity contribution in [1.82, 2.24) is 24.9 Å². The van der Waals surface area contributed by atoms with Crippen LogP contribution in [-0.2, 0) is 0 Å². The maximum Gasteiger partial charge on any atom is 0.271 e. The summed E-state index contributed by atoms with van der Waals surface area (Å²) >= 11 is 0. The van der Waals surface area contributed by atoms with E-state index in [9.17, 15) is 9.59 Å². The minimum absolute atomic E-state index is 0.161. The van der Waals surface area contributed by atoms with E-state index in [-0.39, 0.29) is 11.8 Å². The van der Waals surface area contributed by atoms with Crippen LogP contribution in [0, 0.1) is 0 Å². The van der Waals surface area contributed by atoms with Crippen LogP contribution in [-0.4, -0.2) is 49.3 Å². The molecule has 3 heterocycles. The lowest BCUT2D eigenvalue weighted by Crippen LogP contribution is -2.43. The first-order valence-corrected chi connectivity index (χ1v) is 8.96. The van der Waals surface area contributed by atoms with Crippen molar-refractivity contribution in [3.05, 3.63) is 60.3 Å². The number of hydrogen-bond donors (Lipinski definition) is 1. The highest BCUT2D eigenvalue weighted by molar-refractivity contribution is 6.01. The summed E-state index contributed by atoms with van der Waals surface area (Å²) in [5.74, 6) is -0.378. The van der Waals surface area contributed by atoms with Crippen LogP contribution in [0.25, 0.3) is 21.9 Å². The fraction of sp³-hybridized carbons (Fsp3) is 0.200. The number of carbonyl (C=O) groups is 2. The van der Waals surface area contributed by atoms with Crippen LogP contribution in [0.3, 0.4) is 0 Å². The molecule has 1 amide bonds. The van der Waals surface area contributed by atoms with E-state index in [1.807, 2.05) is 54.6 Å². The van der Waals surface area contributed by atoms with Crippen molar-refractivity contribution in [2.24, 2.45) is 0 Å². The fourth-order valence-corrected chi connectivity index (χ4v) is 3.78. The minimum atomic E-state index is -0.533. The summed E-state index contributed by atoms with van der Waals surface area (Å²) in [7, 11) is 0. The number of aromatic amines is 1. The van der Waals surface area contributed by atoms with Crippen molar-refractivity contribution in [1.29, 1.82) is 0 Å². The van der Waals surface area contributed by atoms with Gasteiger partial charge in [-0.25, -0.2) is 0 Å². The van der Waals surface area contributed by atoms with Gasteiger partial charge in [0.25, 0.3) is 11.8 Å². The molecule has 4 aromatic rings. The van der Waals surface area contributed by atoms with Crippen molar-refractivity contribution in [3.8, 4) is 0 Å². The number of rotatable bonds is 2. The SMILES string of the molecule is O=C(c1cc2ccccc2[nH]1)N1CCC[C@H]1C(=O)n1nnc2ccccc21. The largest absolute Gasteiger partial charge is 0.351 e. The quantitative estimate of drug-likeness (QED) is 0.596. The standard InChI is InChI=1S/C20H17N5O2/c26-19(16-12-13-6-1-2-7-14(13)21-16)24-11-5-10-18(24)20(27)25-17-9-4-3-8-15(17)22-23-25/h1-4,6-9,12,18,21H,5,10-11H2/t18-/m0/s1. The molecular formula is C20H17N5O2. The highest BCUT2D eigenvalue weighted by Crippen LogP contribution is 2.24. The van der Waals surface area contributed by atoms with Crippen molar-refractivity contribution < 1.29 is 9.59 Å². The number of fused-ring (bicyclic) bond motifs is 2. The molecule has 2 aromatic carbocycles. The van der Waals surface area contributed by atoms with E-state index >= 15 is 0 Å². The molecule has 1 aliphatic heterocycles. The number of likely N-dealkylation sites (tertiary alicyclic amines) is 1. The first-order chi connectivity index (χ1) is 13.2. The number of nitrogens with zero attached hydrogens (tertiary/aromatic N) is 4. The average Bonchev–Trinajstić information content (AvgIpc) is 3.44. The topological polar surface area (TPSA) is 83.9 Å². The van der Waals surface area contributed by atoms with E-state index in [0.29, 0.717) is 29.7 Å². The number of para-hydroxylation sites is 2. The van der Waals surface area contributed by atoms with Crippen molar-refractivity contribution in [2.75, 3.05) is 6.54 Å². The van der Waals surface area contributed by atoms with Crippen LogP contribution in [0.15, 0.2) is 54.6 Å². The van der Waals surface area contributed by atoms with Gasteiger partial charge in [0.1, 0.15) is 17.3 Å². The summed E-state index contributed by atoms with van der Waals surface area (Å²) < 4.78 is 1.32. The summed E-state index contributed by atoms with van der Waals surface area (Å²) in [5, 5.41) is 9.04. The van der Waals surface area contributed by atoms with Crippen molar-refractivity contribution >= 4 is 33.8 Å². The maximum absolute atomic E-state index is 13.1. The normalized spacial score (nSPS) is 17.0. The van der Waals surface area contributed by atoms with E-state index < -0.39 is 6.04 Å². The number of aromatic nitrogens is 4. The lowest BCUT2D eigenvalue weighted by molar-refractivity contribution is 0.0624. The summed E-state index contributed by atoms with van der Waals surface area (Å²) in [6, 6.07) is 16.4. The Kier molecular flexibility index (Phi) is 3.53. The van der Waals surface area contributed by atoms with Gasteiger partial charge in [-0.3, -0.25) is 9.59 Å². The Labute approximate surface area is 154 Å². The summed E-state index contributed by atoms with van der Waals surface area (Å²) in [6.07, 6.45) is 1.41. The Bertz CT molecular complexity index is 1140. The Morgan fingerprint density at radius 1 is 1.07 bits per heavy atom. The number of benzene rings is 2. The molecule has 0 saturated carbocycles. The molecule has 27 heavy (non-hydrogen) atoms. The molecule has 2 aromatic heterocycles. The van der Waals surface area contributed by atoms with Crippen LogP contribution < -0.4 is 0 Å². The Morgan fingerprint density at radius 2 is 1.89 bits per heavy atom. The van der Waals surface area contributed by atoms with E-state index in [1.54, 1.807) is 4.90 Å². The molecule has 0 spiro atoms. The first-order valence-electron chi connectivity index (χ1n) is 8.96. The Hall–Kier alpha value is -3.48. The molecule has 1 atom stereocenters. The van der Waals surface area contributed by atoms with Crippen LogP contribution >= 0.6 is 0 Å². The third-order valence-corrected chi connectivity index (χ3v) is 5.12. The molecule has 1 N–H and O–H groups in total. The van der Waals surface area contributed by atoms with Crippen LogP contribution in [0.5, 0.6) is 0 Å². The Balaban J connectivity index is 1.47. The molecule has 7 heteroatoms. The van der Waals surface area contributed by atoms with Crippen LogP contribution in [0.1, 0.15) is 28.1 Å². The third-order valence-electron chi connectivity index (χ3n) is 5.12. The highest BCUT2D eigenvalue weighted by atomic mass is 16.2. The van der Waals surface area contributed by atoms with Gasteiger partial charge in [-0.2, -0.15) is 4.68 Å². The number of nitrogens with one attached hydrogen (secondary N) is 1. The van der Waals surface area contributed by atoms with Gasteiger partial charge in [0.2, 0.25) is 0 Å². The molecule has 0 aliphatic carbocycles. The first kappa shape index (κ1) is 15.7. The summed E-state index contributed by atoms with van der Waals surface area (Å²) in [4.78, 5) is 31.0. The van der Waals surface area contributed by atoms with Crippen molar-refractivity contribution in [3.63, 3.8) is 0 Å². The van der Waals surface area contributed by atoms with E-state index in [4.69, 9.17) is 0 Å². The molecule has 134 valence electrons. The minimum Gasteiger partial charge on any atom is -0.351 e. The monoisotopic (exact) mass is 359 g/mol. The molecule has 1 aliphatic rings. The van der Waals surface area contributed by atoms with Gasteiger partial charge in [0, 0.05) is 17.4 Å². The molecule has 5 rings (SSSR count). The van der Waals surface area contributed by atoms with Gasteiger partial charge in [0.15, 0.2) is 0 Å². The van der Waals surface area contributed by atoms with Crippen LogP contribution in [0.4, 0.5) is 0 Å². The van der Waals surface area contributed by atoms with Gasteiger partial charge >= 0.3 is 0 Å². The molecule has 1 fully saturated rings. The molecule has 0 bridgehead atoms. The number of hydrogen-bond acceptors (Lipinski definition) is 4. The van der Waals surface area contributed by atoms with E-state index in [1.165, 1.54) is 4.68 Å². The Morgan fingerprint density at radius 3 is 2.78 bits per heavy atom. The second-order valence-electron chi connectivity index (χ2n) is 6.76. The maximum atomic E-state index is 13.1. The molecular weight excluding hydrogens is 342 g/mol. The zero-order valence-corrected chi connectivity index (χ0v) is 14.5. The van der Waals surface area contributed by atoms with E-state index in [0.717, 1.165) is 17.3 Å². The number of carbonyl (C=O) groups excluding carboxylic acids is 2. The second kappa shape index (κ2) is 6.05. The van der Waals surface area contributed by atoms with Gasteiger partial charge in [-0.1, -0.05) is 35.5 Å². The van der Waals surface area contributed by atoms with Gasteiger partial charge < -0.3 is 9.88 Å². The predicted molar refractivity (Wildman–Crippen MR) is 101 cm³/mol. The van der Waals surface area contributed by atoms with E-state index in [2.05, 4.69) is 15.3 Å². The van der Waals surface area contributed by atoms with Gasteiger partial charge in [-0.15, -0.1) is 5.10 Å². The predicted octanol–water partition coefficient (Wildman–Crippen LogP) is 2.86. The van der Waals surface area contributed by atoms with Crippen molar-refractivity contribution in [2.45, 2.75) is 18.9 Å². The molecule has 1 saturated heterocycles. The third kappa shape index (κ3) is 2.51. The fourth-order valence-electron chi connectivity index (χ4n) is 3.78. The zero-order valence-electron chi connectivity index (χ0n) is 14.5. The number of H-pyrrole nitrogens is 1. The van der Waals surface area contributed by atoms with Gasteiger partial charge in [0.05, 0.1) is 5.52 Å². The average molecular weight is 359 g/mol. The molecule has 0 unspecified atom stereocenters. The second-order valence-corrected chi connectivity index (χ2v) is 6.76. The molecule has 0 radical (unpaired) electrons. The lowest BCUT2D eigenvalue weighted by atomic mass is 10.2. The van der Waals surface area contributed by atoms with Gasteiger partial charge in [-0.05, 0) is 37.1 Å². The summed E-state index contributed by atoms with van der Waals surface area (Å²) in [5.41, 5.74) is 2.73. The zero-order chi connectivity index (χ0) is 18.4. The number of amides is 1. The summed E-state index contributed by atoms with van der Waals surface area (Å²) in [6.45, 7) is 0.553. The lowest BCUT2D eigenvalue weighted by Gasteiger charge is -2.22. The smallest absolute Gasteiger partial charge is 0.271 e. The highest BCUT2D eigenvalue weighted by Gasteiger charge is 2.36. The molecule has 7 nitrogen and oxygen atoms in total. The van der Waals surface area contributed by atoms with Crippen LogP contribution in [0.2, 0.25) is 0 Å².